The van der Waals surface area contributed by atoms with Gasteiger partial charge in [-0.05, 0) is 27.2 Å². The average Bonchev–Trinajstić information content (AvgIpc) is 2.52. The van der Waals surface area contributed by atoms with Crippen molar-refractivity contribution in [3.63, 3.8) is 0 Å². The first-order valence-electron chi connectivity index (χ1n) is 5.34. The van der Waals surface area contributed by atoms with E-state index in [2.05, 4.69) is 0 Å². The molecule has 0 amide bonds. The number of esters is 1. The van der Waals surface area contributed by atoms with Gasteiger partial charge in [-0.2, -0.15) is 0 Å². The first kappa shape index (κ1) is 13.0. The molecule has 2 atom stereocenters. The lowest BCUT2D eigenvalue weighted by Gasteiger charge is -2.24. The van der Waals surface area contributed by atoms with Crippen molar-refractivity contribution in [1.82, 2.24) is 0 Å². The molecule has 92 valence electrons. The highest BCUT2D eigenvalue weighted by atomic mass is 16.6. The van der Waals surface area contributed by atoms with Crippen LogP contribution < -0.4 is 0 Å². The van der Waals surface area contributed by atoms with E-state index < -0.39 is 23.5 Å². The van der Waals surface area contributed by atoms with Crippen molar-refractivity contribution in [2.45, 2.75) is 32.8 Å². The fourth-order valence-electron chi connectivity index (χ4n) is 1.68. The Bertz CT molecular complexity index is 273. The number of rotatable bonds is 3. The smallest absolute Gasteiger partial charge is 0.321 e. The molecule has 0 aromatic rings. The first-order chi connectivity index (χ1) is 7.31. The second-order valence-electron chi connectivity index (χ2n) is 4.97. The number of hydrogen-bond donors (Lipinski definition) is 1. The summed E-state index contributed by atoms with van der Waals surface area (Å²) in [6.07, 6.45) is 0.593. The molecular weight excluding hydrogens is 212 g/mol. The second kappa shape index (κ2) is 4.82. The van der Waals surface area contributed by atoms with Gasteiger partial charge < -0.3 is 14.6 Å². The highest BCUT2D eigenvalue weighted by molar-refractivity contribution is 5.94. The fraction of sp³-hybridized carbons (Fsp3) is 0.818. The van der Waals surface area contributed by atoms with Crippen LogP contribution in [0.25, 0.3) is 0 Å². The van der Waals surface area contributed by atoms with Crippen LogP contribution in [0.1, 0.15) is 27.2 Å². The number of carbonyl (C=O) groups is 2. The van der Waals surface area contributed by atoms with E-state index >= 15 is 0 Å². The molecule has 0 aliphatic carbocycles. The fourth-order valence-corrected chi connectivity index (χ4v) is 1.68. The minimum atomic E-state index is -1.13. The van der Waals surface area contributed by atoms with Gasteiger partial charge in [0.1, 0.15) is 5.60 Å². The molecule has 16 heavy (non-hydrogen) atoms. The van der Waals surface area contributed by atoms with E-state index in [1.807, 2.05) is 0 Å². The molecule has 0 saturated carbocycles. The van der Waals surface area contributed by atoms with E-state index in [9.17, 15) is 9.59 Å². The van der Waals surface area contributed by atoms with Gasteiger partial charge in [0.25, 0.3) is 0 Å². The third-order valence-electron chi connectivity index (χ3n) is 2.36. The summed E-state index contributed by atoms with van der Waals surface area (Å²) in [5.74, 6) is -3.19. The maximum absolute atomic E-state index is 11.7. The molecule has 1 fully saturated rings. The molecule has 5 heteroatoms. The Morgan fingerprint density at radius 2 is 2.06 bits per heavy atom. The largest absolute Gasteiger partial charge is 0.481 e. The maximum Gasteiger partial charge on any atom is 0.321 e. The molecule has 1 saturated heterocycles. The van der Waals surface area contributed by atoms with Crippen molar-refractivity contribution in [2.75, 3.05) is 13.2 Å². The maximum atomic E-state index is 11.7. The zero-order valence-corrected chi connectivity index (χ0v) is 9.86. The van der Waals surface area contributed by atoms with E-state index in [-0.39, 0.29) is 5.92 Å². The zero-order valence-electron chi connectivity index (χ0n) is 9.86. The third-order valence-corrected chi connectivity index (χ3v) is 2.36. The number of hydrogen-bond acceptors (Lipinski definition) is 4. The Kier molecular flexibility index (Phi) is 3.91. The van der Waals surface area contributed by atoms with Crippen molar-refractivity contribution in [3.05, 3.63) is 0 Å². The van der Waals surface area contributed by atoms with Crippen LogP contribution in [0.5, 0.6) is 0 Å². The Morgan fingerprint density at radius 1 is 1.44 bits per heavy atom. The molecular formula is C11H18O5. The molecule has 2 unspecified atom stereocenters. The second-order valence-corrected chi connectivity index (χ2v) is 4.97. The number of aliphatic carboxylic acids is 1. The standard InChI is InChI=1S/C11H18O5/c1-11(2,3)16-10(14)8(9(12)13)7-4-5-15-6-7/h7-8H,4-6H2,1-3H3,(H,12,13). The first-order valence-corrected chi connectivity index (χ1v) is 5.34. The van der Waals surface area contributed by atoms with Crippen molar-refractivity contribution in [2.24, 2.45) is 11.8 Å². The van der Waals surface area contributed by atoms with Crippen LogP contribution in [0.3, 0.4) is 0 Å². The molecule has 1 aliphatic heterocycles. The molecule has 1 N–H and O–H groups in total. The van der Waals surface area contributed by atoms with Crippen LogP contribution >= 0.6 is 0 Å². The van der Waals surface area contributed by atoms with Crippen molar-refractivity contribution in [1.29, 1.82) is 0 Å². The lowest BCUT2D eigenvalue weighted by Crippen LogP contribution is -2.37. The molecule has 0 aromatic carbocycles. The molecule has 5 nitrogen and oxygen atoms in total. The Balaban J connectivity index is 2.70. The van der Waals surface area contributed by atoms with Gasteiger partial charge in [0.05, 0.1) is 6.61 Å². The Morgan fingerprint density at radius 3 is 2.44 bits per heavy atom. The summed E-state index contributed by atoms with van der Waals surface area (Å²) in [5.41, 5.74) is -0.662. The predicted octanol–water partition coefficient (Wildman–Crippen LogP) is 1.07. The summed E-state index contributed by atoms with van der Waals surface area (Å²) in [7, 11) is 0. The van der Waals surface area contributed by atoms with Gasteiger partial charge in [-0.1, -0.05) is 0 Å². The summed E-state index contributed by atoms with van der Waals surface area (Å²) in [4.78, 5) is 22.8. The van der Waals surface area contributed by atoms with Crippen LogP contribution in [-0.2, 0) is 19.1 Å². The zero-order chi connectivity index (χ0) is 12.3. The third kappa shape index (κ3) is 3.48. The number of carboxylic acid groups (broad SMARTS) is 1. The molecule has 1 aliphatic rings. The van der Waals surface area contributed by atoms with Crippen LogP contribution in [0.15, 0.2) is 0 Å². The van der Waals surface area contributed by atoms with Gasteiger partial charge in [0, 0.05) is 12.5 Å². The minimum absolute atomic E-state index is 0.271. The summed E-state index contributed by atoms with van der Waals surface area (Å²) in [5, 5.41) is 9.04. The summed E-state index contributed by atoms with van der Waals surface area (Å²) >= 11 is 0. The van der Waals surface area contributed by atoms with Crippen LogP contribution in [0.4, 0.5) is 0 Å². The van der Waals surface area contributed by atoms with Crippen LogP contribution in [-0.4, -0.2) is 35.9 Å². The van der Waals surface area contributed by atoms with Crippen LogP contribution in [0.2, 0.25) is 0 Å². The van der Waals surface area contributed by atoms with Crippen LogP contribution in [0, 0.1) is 11.8 Å². The molecule has 0 bridgehead atoms. The molecule has 0 aromatic heterocycles. The van der Waals surface area contributed by atoms with Gasteiger partial charge in [-0.15, -0.1) is 0 Å². The van der Waals surface area contributed by atoms with Gasteiger partial charge in [0.15, 0.2) is 5.92 Å². The molecule has 1 heterocycles. The predicted molar refractivity (Wildman–Crippen MR) is 55.9 cm³/mol. The highest BCUT2D eigenvalue weighted by Gasteiger charge is 2.39. The quantitative estimate of drug-likeness (QED) is 0.580. The Hall–Kier alpha value is -1.10. The van der Waals surface area contributed by atoms with E-state index in [1.54, 1.807) is 20.8 Å². The molecule has 0 spiro atoms. The monoisotopic (exact) mass is 230 g/mol. The SMILES string of the molecule is CC(C)(C)OC(=O)C(C(=O)O)C1CCOC1. The van der Waals surface area contributed by atoms with Gasteiger partial charge in [-0.25, -0.2) is 0 Å². The number of ether oxygens (including phenoxy) is 2. The topological polar surface area (TPSA) is 72.8 Å². The molecule has 0 radical (unpaired) electrons. The van der Waals surface area contributed by atoms with E-state index in [1.165, 1.54) is 0 Å². The number of carboxylic acids is 1. The summed E-state index contributed by atoms with van der Waals surface area (Å²) < 4.78 is 10.2. The van der Waals surface area contributed by atoms with Crippen molar-refractivity contribution < 1.29 is 24.2 Å². The highest BCUT2D eigenvalue weighted by Crippen LogP contribution is 2.25. The van der Waals surface area contributed by atoms with Gasteiger partial charge in [-0.3, -0.25) is 9.59 Å². The van der Waals surface area contributed by atoms with E-state index in [0.717, 1.165) is 0 Å². The van der Waals surface area contributed by atoms with Crippen molar-refractivity contribution >= 4 is 11.9 Å². The van der Waals surface area contributed by atoms with Gasteiger partial charge in [0.2, 0.25) is 0 Å². The van der Waals surface area contributed by atoms with Crippen molar-refractivity contribution in [3.8, 4) is 0 Å². The van der Waals surface area contributed by atoms with Gasteiger partial charge >= 0.3 is 11.9 Å². The summed E-state index contributed by atoms with van der Waals surface area (Å²) in [6.45, 7) is 5.98. The molecule has 1 rings (SSSR count). The normalized spacial score (nSPS) is 22.8. The Labute approximate surface area is 94.7 Å². The number of carbonyl (C=O) groups excluding carboxylic acids is 1. The average molecular weight is 230 g/mol. The lowest BCUT2D eigenvalue weighted by molar-refractivity contribution is -0.169. The summed E-state index contributed by atoms with van der Waals surface area (Å²) in [6, 6.07) is 0. The van der Waals surface area contributed by atoms with E-state index in [0.29, 0.717) is 19.6 Å². The minimum Gasteiger partial charge on any atom is -0.481 e. The lowest BCUT2D eigenvalue weighted by atomic mass is 9.91. The van der Waals surface area contributed by atoms with E-state index in [4.69, 9.17) is 14.6 Å².